The van der Waals surface area contributed by atoms with Gasteiger partial charge in [-0.3, -0.25) is 14.2 Å². The van der Waals surface area contributed by atoms with Gasteiger partial charge in [0.2, 0.25) is 5.51 Å². The summed E-state index contributed by atoms with van der Waals surface area (Å²) in [6, 6.07) is 5.90. The summed E-state index contributed by atoms with van der Waals surface area (Å²) in [4.78, 5) is 30.8. The first-order valence-corrected chi connectivity index (χ1v) is 11.6. The van der Waals surface area contributed by atoms with Crippen LogP contribution in [0.1, 0.15) is 32.3 Å². The third-order valence-corrected chi connectivity index (χ3v) is 6.55. The number of benzene rings is 1. The molecule has 2 heterocycles. The van der Waals surface area contributed by atoms with Crippen LogP contribution in [0.15, 0.2) is 36.0 Å². The largest absolute Gasteiger partial charge is 0.527 e. The number of nitrogens with two attached hydrogens (primary N) is 2. The van der Waals surface area contributed by atoms with Crippen molar-refractivity contribution in [2.24, 2.45) is 5.73 Å². The highest BCUT2D eigenvalue weighted by Crippen LogP contribution is 2.44. The van der Waals surface area contributed by atoms with Crippen LogP contribution in [-0.2, 0) is 22.1 Å². The van der Waals surface area contributed by atoms with Gasteiger partial charge in [-0.15, -0.1) is 0 Å². The fraction of sp³-hybridized carbons (Fsp3) is 0.263. The summed E-state index contributed by atoms with van der Waals surface area (Å²) in [5.41, 5.74) is 14.9. The number of para-hydroxylation sites is 1. The molecule has 0 radical (unpaired) electrons. The molecule has 1 atom stereocenters. The lowest BCUT2D eigenvalue weighted by molar-refractivity contribution is -0.689. The second kappa shape index (κ2) is 9.52. The van der Waals surface area contributed by atoms with Gasteiger partial charge in [0.25, 0.3) is 5.91 Å². The van der Waals surface area contributed by atoms with Crippen molar-refractivity contribution in [3.05, 3.63) is 63.5 Å². The zero-order chi connectivity index (χ0) is 22.6. The third kappa shape index (κ3) is 5.86. The predicted molar refractivity (Wildman–Crippen MR) is 115 cm³/mol. The second-order valence-corrected chi connectivity index (χ2v) is 9.01. The summed E-state index contributed by atoms with van der Waals surface area (Å²) in [6.45, 7) is 4.18. The minimum absolute atomic E-state index is 0.00474. The number of thiazole rings is 1. The van der Waals surface area contributed by atoms with Crippen molar-refractivity contribution in [1.82, 2.24) is 9.97 Å². The zero-order valence-electron chi connectivity index (χ0n) is 17.0. The Hall–Kier alpha value is -2.85. The van der Waals surface area contributed by atoms with Gasteiger partial charge < -0.3 is 16.0 Å². The Bertz CT molecular complexity index is 1150. The average Bonchev–Trinajstić information content (AvgIpc) is 3.03. The fourth-order valence-corrected chi connectivity index (χ4v) is 4.58. The topological polar surface area (TPSA) is 155 Å². The number of aromatic nitrogens is 3. The molecular formula is C19H23N5O5PS+. The van der Waals surface area contributed by atoms with Crippen LogP contribution in [0.5, 0.6) is 5.75 Å². The monoisotopic (exact) mass is 464 g/mol. The van der Waals surface area contributed by atoms with Gasteiger partial charge in [0.1, 0.15) is 17.4 Å². The lowest BCUT2D eigenvalue weighted by atomic mass is 10.2. The number of amides is 1. The van der Waals surface area contributed by atoms with Gasteiger partial charge in [0.15, 0.2) is 12.2 Å². The number of nitrogen functional groups attached to an aromatic ring is 1. The molecule has 10 nitrogen and oxygen atoms in total. The number of anilines is 1. The highest BCUT2D eigenvalue weighted by Gasteiger charge is 2.26. The van der Waals surface area contributed by atoms with Gasteiger partial charge in [-0.05, 0) is 19.1 Å². The minimum atomic E-state index is -4.44. The average molecular weight is 464 g/mol. The van der Waals surface area contributed by atoms with Crippen molar-refractivity contribution in [3.8, 4) is 5.75 Å². The number of aryl methyl sites for hydroxylation is 1. The van der Waals surface area contributed by atoms with E-state index in [9.17, 15) is 14.3 Å². The van der Waals surface area contributed by atoms with E-state index in [0.29, 0.717) is 24.6 Å². The van der Waals surface area contributed by atoms with Gasteiger partial charge in [-0.2, -0.15) is 4.57 Å². The van der Waals surface area contributed by atoms with E-state index in [2.05, 4.69) is 9.97 Å². The van der Waals surface area contributed by atoms with Crippen molar-refractivity contribution in [1.29, 1.82) is 0 Å². The summed E-state index contributed by atoms with van der Waals surface area (Å²) in [7, 11) is -4.44. The lowest BCUT2D eigenvalue weighted by Crippen LogP contribution is -2.35. The van der Waals surface area contributed by atoms with Crippen LogP contribution < -0.4 is 20.6 Å². The van der Waals surface area contributed by atoms with Crippen LogP contribution in [0.3, 0.4) is 0 Å². The van der Waals surface area contributed by atoms with E-state index in [1.54, 1.807) is 25.3 Å². The molecule has 164 valence electrons. The van der Waals surface area contributed by atoms with E-state index < -0.39 is 13.7 Å². The Morgan fingerprint density at radius 2 is 2.06 bits per heavy atom. The smallest absolute Gasteiger partial charge is 0.403 e. The van der Waals surface area contributed by atoms with Crippen LogP contribution in [0.2, 0.25) is 0 Å². The van der Waals surface area contributed by atoms with E-state index in [0.717, 1.165) is 16.1 Å². The summed E-state index contributed by atoms with van der Waals surface area (Å²) < 4.78 is 24.4. The quantitative estimate of drug-likeness (QED) is 0.320. The number of carbonyl (C=O) groups is 1. The molecule has 0 bridgehead atoms. The van der Waals surface area contributed by atoms with Crippen molar-refractivity contribution < 1.29 is 27.9 Å². The zero-order valence-corrected chi connectivity index (χ0v) is 18.7. The van der Waals surface area contributed by atoms with E-state index in [4.69, 9.17) is 20.5 Å². The molecule has 31 heavy (non-hydrogen) atoms. The van der Waals surface area contributed by atoms with Crippen LogP contribution in [0.25, 0.3) is 0 Å². The normalized spacial score (nSPS) is 13.0. The van der Waals surface area contributed by atoms with Crippen molar-refractivity contribution in [2.45, 2.75) is 26.8 Å². The van der Waals surface area contributed by atoms with Crippen LogP contribution >= 0.6 is 19.2 Å². The van der Waals surface area contributed by atoms with E-state index >= 15 is 0 Å². The molecule has 0 aliphatic carbocycles. The number of hydrogen-bond donors (Lipinski definition) is 3. The molecule has 1 amide bonds. The Morgan fingerprint density at radius 1 is 1.32 bits per heavy atom. The second-order valence-electron chi connectivity index (χ2n) is 6.69. The number of phosphoric acid groups is 1. The highest BCUT2D eigenvalue weighted by atomic mass is 32.1. The number of rotatable bonds is 9. The summed E-state index contributed by atoms with van der Waals surface area (Å²) in [6.07, 6.45) is 2.10. The molecule has 0 aliphatic rings. The molecule has 3 rings (SSSR count). The third-order valence-electron chi connectivity index (χ3n) is 4.47. The molecular weight excluding hydrogens is 441 g/mol. The first-order valence-electron chi connectivity index (χ1n) is 9.26. The van der Waals surface area contributed by atoms with E-state index in [1.165, 1.54) is 23.5 Å². The maximum Gasteiger partial charge on any atom is 0.527 e. The Labute approximate surface area is 183 Å². The molecule has 0 saturated heterocycles. The van der Waals surface area contributed by atoms with Gasteiger partial charge in [0, 0.05) is 19.5 Å². The van der Waals surface area contributed by atoms with Crippen LogP contribution in [0, 0.1) is 13.8 Å². The number of phosphoric ester groups is 1. The minimum Gasteiger partial charge on any atom is -0.403 e. The number of primary amides is 1. The van der Waals surface area contributed by atoms with Crippen molar-refractivity contribution in [2.75, 3.05) is 12.3 Å². The molecule has 0 fully saturated rings. The number of carbonyl (C=O) groups excluding carboxylic acids is 1. The molecule has 1 unspecified atom stereocenters. The van der Waals surface area contributed by atoms with Crippen LogP contribution in [-0.4, -0.2) is 27.4 Å². The molecule has 0 aliphatic heterocycles. The van der Waals surface area contributed by atoms with Crippen molar-refractivity contribution >= 4 is 30.9 Å². The molecule has 0 saturated carbocycles. The Morgan fingerprint density at radius 3 is 2.77 bits per heavy atom. The summed E-state index contributed by atoms with van der Waals surface area (Å²) in [5.74, 6) is 0.170. The molecule has 2 aromatic heterocycles. The number of nitrogens with zero attached hydrogens (tertiary/aromatic N) is 3. The van der Waals surface area contributed by atoms with Gasteiger partial charge in [-0.25, -0.2) is 14.5 Å². The van der Waals surface area contributed by atoms with E-state index in [-0.39, 0.29) is 17.9 Å². The first kappa shape index (κ1) is 22.8. The molecule has 5 N–H and O–H groups in total. The van der Waals surface area contributed by atoms with Crippen LogP contribution in [0.4, 0.5) is 5.82 Å². The maximum absolute atomic E-state index is 12.3. The number of hydrogen-bond acceptors (Lipinski definition) is 8. The predicted octanol–water partition coefficient (Wildman–Crippen LogP) is 1.91. The molecule has 0 spiro atoms. The van der Waals surface area contributed by atoms with Gasteiger partial charge in [-0.1, -0.05) is 23.5 Å². The van der Waals surface area contributed by atoms with E-state index in [1.807, 2.05) is 17.0 Å². The molecule has 1 aromatic carbocycles. The highest BCUT2D eigenvalue weighted by molar-refractivity contribution is 7.47. The summed E-state index contributed by atoms with van der Waals surface area (Å²) in [5, 5.41) is 0. The maximum atomic E-state index is 12.3. The SMILES string of the molecule is Cc1ncc(C[n+]2csc(CCOP(=O)(O)Oc3ccccc3C(N)=O)c2C)c(N)n1. The fourth-order valence-electron chi connectivity index (χ4n) is 2.82. The lowest BCUT2D eigenvalue weighted by Gasteiger charge is -2.14. The molecule has 12 heteroatoms. The van der Waals surface area contributed by atoms with Crippen molar-refractivity contribution in [3.63, 3.8) is 0 Å². The standard InChI is InChI=1S/C19H22N5O5PS/c1-12-17(31-11-24(12)10-14-9-22-13(2)23-18(14)20)7-8-28-30(26,27)29-16-6-4-3-5-15(16)19(21)25/h3-6,9,11H,7-8,10H2,1-2H3,(H4-,20,21,22,23,25,26,27)/p+1. The van der Waals surface area contributed by atoms with Gasteiger partial charge in [0.05, 0.1) is 22.6 Å². The summed E-state index contributed by atoms with van der Waals surface area (Å²) >= 11 is 1.49. The molecule has 3 aromatic rings. The van der Waals surface area contributed by atoms with Gasteiger partial charge >= 0.3 is 7.82 Å². The Balaban J connectivity index is 1.60. The Kier molecular flexibility index (Phi) is 7.01. The first-order chi connectivity index (χ1) is 14.7.